The van der Waals surface area contributed by atoms with Crippen molar-refractivity contribution in [1.29, 1.82) is 0 Å². The van der Waals surface area contributed by atoms with E-state index in [0.29, 0.717) is 17.4 Å². The molecule has 0 spiro atoms. The molecule has 0 aliphatic carbocycles. The van der Waals surface area contributed by atoms with Crippen molar-refractivity contribution in [3.05, 3.63) is 66.2 Å². The number of fused-ring (bicyclic) bond motifs is 1. The standard InChI is InChI=1S/C30H35N5O6S/c36-19(11-7-8-14-23-25-22(17-42-23)32-30(40)34-25)16-24(37)31-21(15-18-9-3-1-4-10-18)27(38)33-26-28(39)35-29(26)41-20-12-5-2-6-13-20/h1-6,9-10,12-13,21-23,25-26,29H,7-8,11,14-17H2,(H,31,37)(H,33,38)(H,35,39)(H2,32,34,40). The van der Waals surface area contributed by atoms with E-state index in [4.69, 9.17) is 4.74 Å². The Bertz CT molecular complexity index is 1300. The number of urea groups is 1. The minimum Gasteiger partial charge on any atom is -0.468 e. The zero-order valence-electron chi connectivity index (χ0n) is 23.0. The van der Waals surface area contributed by atoms with Crippen LogP contribution in [-0.4, -0.2) is 70.9 Å². The number of benzene rings is 2. The normalized spacial score (nSPS) is 24.7. The Balaban J connectivity index is 1.10. The van der Waals surface area contributed by atoms with Gasteiger partial charge in [-0.2, -0.15) is 11.8 Å². The van der Waals surface area contributed by atoms with Gasteiger partial charge < -0.3 is 31.3 Å². The highest BCUT2D eigenvalue weighted by atomic mass is 32.2. The number of nitrogens with one attached hydrogen (secondary N) is 5. The molecule has 0 saturated carbocycles. The van der Waals surface area contributed by atoms with Crippen LogP contribution < -0.4 is 31.3 Å². The molecule has 2 aromatic carbocycles. The lowest BCUT2D eigenvalue weighted by molar-refractivity contribution is -0.144. The van der Waals surface area contributed by atoms with Crippen molar-refractivity contribution in [3.63, 3.8) is 0 Å². The van der Waals surface area contributed by atoms with Crippen LogP contribution in [0.4, 0.5) is 4.79 Å². The van der Waals surface area contributed by atoms with Crippen LogP contribution in [0.3, 0.4) is 0 Å². The van der Waals surface area contributed by atoms with E-state index in [9.17, 15) is 24.0 Å². The third-order valence-corrected chi connectivity index (χ3v) is 9.11. The van der Waals surface area contributed by atoms with Crippen molar-refractivity contribution < 1.29 is 28.7 Å². The van der Waals surface area contributed by atoms with Crippen LogP contribution in [0.1, 0.15) is 37.7 Å². The average Bonchev–Trinajstić information content (AvgIpc) is 3.53. The number of ketones is 1. The van der Waals surface area contributed by atoms with Gasteiger partial charge >= 0.3 is 6.03 Å². The SMILES string of the molecule is O=C(CCCCC1SCC2NC(=O)NC21)CC(=O)NC(Cc1ccccc1)C(=O)NC1C(=O)NC1Oc1ccccc1. The summed E-state index contributed by atoms with van der Waals surface area (Å²) in [5, 5.41) is 14.2. The number of hydrogen-bond acceptors (Lipinski definition) is 7. The molecule has 3 fully saturated rings. The number of β-lactam (4-membered cyclic amide) rings is 1. The molecule has 3 heterocycles. The second kappa shape index (κ2) is 13.7. The summed E-state index contributed by atoms with van der Waals surface area (Å²) >= 11 is 1.83. The lowest BCUT2D eigenvalue weighted by Crippen LogP contribution is -2.72. The molecule has 42 heavy (non-hydrogen) atoms. The zero-order chi connectivity index (χ0) is 29.5. The van der Waals surface area contributed by atoms with E-state index < -0.39 is 30.1 Å². The van der Waals surface area contributed by atoms with Gasteiger partial charge in [0.25, 0.3) is 5.91 Å². The summed E-state index contributed by atoms with van der Waals surface area (Å²) in [6, 6.07) is 16.4. The largest absolute Gasteiger partial charge is 0.468 e. The van der Waals surface area contributed by atoms with Crippen LogP contribution in [0, 0.1) is 0 Å². The number of thioether (sulfide) groups is 1. The number of carbonyl (C=O) groups is 5. The molecule has 3 aliphatic heterocycles. The van der Waals surface area contributed by atoms with Crippen molar-refractivity contribution in [2.24, 2.45) is 0 Å². The van der Waals surface area contributed by atoms with Crippen molar-refractivity contribution >= 4 is 41.3 Å². The fraction of sp³-hybridized carbons (Fsp3) is 0.433. The summed E-state index contributed by atoms with van der Waals surface area (Å²) in [6.45, 7) is 0. The number of unbranched alkanes of at least 4 members (excludes halogenated alkanes) is 1. The molecular formula is C30H35N5O6S. The molecule has 6 unspecified atom stereocenters. The van der Waals surface area contributed by atoms with Gasteiger partial charge in [0, 0.05) is 23.8 Å². The highest BCUT2D eigenvalue weighted by Gasteiger charge is 2.44. The smallest absolute Gasteiger partial charge is 0.315 e. The number of rotatable bonds is 14. The Morgan fingerprint density at radius 2 is 1.69 bits per heavy atom. The molecule has 5 amide bonds. The summed E-state index contributed by atoms with van der Waals surface area (Å²) in [6.07, 6.45) is 1.74. The van der Waals surface area contributed by atoms with Gasteiger partial charge in [-0.1, -0.05) is 55.0 Å². The fourth-order valence-electron chi connectivity index (χ4n) is 5.38. The second-order valence-corrected chi connectivity index (χ2v) is 12.0. The predicted octanol–water partition coefficient (Wildman–Crippen LogP) is 1.42. The van der Waals surface area contributed by atoms with E-state index in [2.05, 4.69) is 26.6 Å². The zero-order valence-corrected chi connectivity index (χ0v) is 23.9. The molecule has 12 heteroatoms. The van der Waals surface area contributed by atoms with Gasteiger partial charge in [0.15, 0.2) is 6.04 Å². The molecule has 3 saturated heterocycles. The van der Waals surface area contributed by atoms with Crippen molar-refractivity contribution in [2.75, 3.05) is 5.75 Å². The molecule has 0 radical (unpaired) electrons. The molecule has 2 aromatic rings. The molecule has 222 valence electrons. The van der Waals surface area contributed by atoms with E-state index >= 15 is 0 Å². The summed E-state index contributed by atoms with van der Waals surface area (Å²) in [5.74, 6) is -0.238. The Labute approximate surface area is 248 Å². The van der Waals surface area contributed by atoms with Gasteiger partial charge in [-0.15, -0.1) is 0 Å². The van der Waals surface area contributed by atoms with Crippen LogP contribution in [-0.2, 0) is 25.6 Å². The van der Waals surface area contributed by atoms with Gasteiger partial charge in [-0.05, 0) is 30.5 Å². The van der Waals surface area contributed by atoms with Gasteiger partial charge in [0.1, 0.15) is 17.6 Å². The molecule has 3 aliphatic rings. The van der Waals surface area contributed by atoms with Crippen molar-refractivity contribution in [1.82, 2.24) is 26.6 Å². The summed E-state index contributed by atoms with van der Waals surface area (Å²) in [5.41, 5.74) is 0.820. The third-order valence-electron chi connectivity index (χ3n) is 7.60. The monoisotopic (exact) mass is 593 g/mol. The lowest BCUT2D eigenvalue weighted by Gasteiger charge is -2.37. The van der Waals surface area contributed by atoms with Crippen molar-refractivity contribution in [3.8, 4) is 5.75 Å². The molecule has 6 atom stereocenters. The molecule has 5 N–H and O–H groups in total. The minimum atomic E-state index is -0.985. The number of para-hydroxylation sites is 1. The van der Waals surface area contributed by atoms with E-state index in [-0.39, 0.29) is 49.1 Å². The first-order chi connectivity index (χ1) is 20.4. The van der Waals surface area contributed by atoms with E-state index in [1.165, 1.54) is 0 Å². The molecule has 11 nitrogen and oxygen atoms in total. The van der Waals surface area contributed by atoms with Crippen LogP contribution in [0.15, 0.2) is 60.7 Å². The molecule has 0 bridgehead atoms. The predicted molar refractivity (Wildman–Crippen MR) is 157 cm³/mol. The Kier molecular flexibility index (Phi) is 9.63. The van der Waals surface area contributed by atoms with Crippen LogP contribution in [0.25, 0.3) is 0 Å². The summed E-state index contributed by atoms with van der Waals surface area (Å²) in [4.78, 5) is 62.5. The molecular weight excluding hydrogens is 558 g/mol. The first kappa shape index (κ1) is 29.4. The van der Waals surface area contributed by atoms with E-state index in [1.807, 2.05) is 48.2 Å². The number of Topliss-reactive ketones (excluding diaryl/α,β-unsaturated/α-hetero) is 1. The molecule has 0 aromatic heterocycles. The Morgan fingerprint density at radius 3 is 2.43 bits per heavy atom. The van der Waals surface area contributed by atoms with Gasteiger partial charge in [-0.3, -0.25) is 19.2 Å². The number of amides is 5. The maximum absolute atomic E-state index is 13.3. The van der Waals surface area contributed by atoms with Gasteiger partial charge in [0.2, 0.25) is 18.0 Å². The lowest BCUT2D eigenvalue weighted by atomic mass is 10.0. The van der Waals surface area contributed by atoms with Crippen LogP contribution in [0.2, 0.25) is 0 Å². The first-order valence-corrected chi connectivity index (χ1v) is 15.3. The minimum absolute atomic E-state index is 0.118. The quantitative estimate of drug-likeness (QED) is 0.0961. The Morgan fingerprint density at radius 1 is 0.952 bits per heavy atom. The second-order valence-electron chi connectivity index (χ2n) is 10.7. The van der Waals surface area contributed by atoms with E-state index in [1.54, 1.807) is 24.3 Å². The van der Waals surface area contributed by atoms with Crippen LogP contribution >= 0.6 is 11.8 Å². The first-order valence-electron chi connectivity index (χ1n) is 14.2. The van der Waals surface area contributed by atoms with Gasteiger partial charge in [-0.25, -0.2) is 4.79 Å². The highest BCUT2D eigenvalue weighted by Crippen LogP contribution is 2.33. The highest BCUT2D eigenvalue weighted by molar-refractivity contribution is 8.00. The third kappa shape index (κ3) is 7.61. The number of hydrogen-bond donors (Lipinski definition) is 5. The Hall–Kier alpha value is -4.06. The van der Waals surface area contributed by atoms with Gasteiger partial charge in [0.05, 0.1) is 18.5 Å². The molecule has 5 rings (SSSR count). The summed E-state index contributed by atoms with van der Waals surface area (Å²) < 4.78 is 5.77. The van der Waals surface area contributed by atoms with E-state index in [0.717, 1.165) is 24.2 Å². The number of carbonyl (C=O) groups excluding carboxylic acids is 5. The maximum atomic E-state index is 13.3. The van der Waals surface area contributed by atoms with Crippen LogP contribution in [0.5, 0.6) is 5.75 Å². The summed E-state index contributed by atoms with van der Waals surface area (Å²) in [7, 11) is 0. The maximum Gasteiger partial charge on any atom is 0.315 e. The van der Waals surface area contributed by atoms with Crippen molar-refractivity contribution in [2.45, 2.75) is 74.2 Å². The number of ether oxygens (including phenoxy) is 1. The average molecular weight is 594 g/mol. The fourth-order valence-corrected chi connectivity index (χ4v) is 6.92. The topological polar surface area (TPSA) is 155 Å².